The van der Waals surface area contributed by atoms with Gasteiger partial charge in [0.2, 0.25) is 0 Å². The van der Waals surface area contributed by atoms with Gasteiger partial charge >= 0.3 is 5.97 Å². The van der Waals surface area contributed by atoms with Gasteiger partial charge in [-0.1, -0.05) is 0 Å². The molecular formula is C14H20N2O2. The van der Waals surface area contributed by atoms with Crippen molar-refractivity contribution in [2.75, 3.05) is 13.1 Å². The second-order valence-electron chi connectivity index (χ2n) is 6.55. The predicted octanol–water partition coefficient (Wildman–Crippen LogP) is 1.87. The standard InChI is InChI=1S/C14H20N2O2/c15-1-2-16(9-13(17)18)14-6-10-3-11(7-14)5-12(4-10)8-14/h10-12H,2-9H2,(H,17,18). The summed E-state index contributed by atoms with van der Waals surface area (Å²) in [7, 11) is 0. The molecule has 98 valence electrons. The molecule has 4 bridgehead atoms. The quantitative estimate of drug-likeness (QED) is 0.771. The second-order valence-corrected chi connectivity index (χ2v) is 6.55. The Bertz CT molecular complexity index is 364. The van der Waals surface area contributed by atoms with E-state index in [1.54, 1.807) is 0 Å². The minimum atomic E-state index is -0.805. The lowest BCUT2D eigenvalue weighted by Gasteiger charge is -2.60. The van der Waals surface area contributed by atoms with Gasteiger partial charge in [0.1, 0.15) is 0 Å². The fourth-order valence-corrected chi connectivity index (χ4v) is 5.09. The molecule has 4 aliphatic carbocycles. The van der Waals surface area contributed by atoms with Gasteiger partial charge in [0, 0.05) is 5.54 Å². The lowest BCUT2D eigenvalue weighted by atomic mass is 9.52. The van der Waals surface area contributed by atoms with Gasteiger partial charge in [0.15, 0.2) is 0 Å². The first-order valence-electron chi connectivity index (χ1n) is 6.95. The number of carbonyl (C=O) groups is 1. The minimum absolute atomic E-state index is 0.0275. The van der Waals surface area contributed by atoms with E-state index >= 15 is 0 Å². The molecule has 0 aromatic carbocycles. The Morgan fingerprint density at radius 2 is 1.72 bits per heavy atom. The van der Waals surface area contributed by atoms with Crippen LogP contribution in [0, 0.1) is 29.1 Å². The van der Waals surface area contributed by atoms with Crippen molar-refractivity contribution in [2.45, 2.75) is 44.1 Å². The Morgan fingerprint density at radius 3 is 2.11 bits per heavy atom. The first kappa shape index (κ1) is 12.0. The number of nitriles is 1. The van der Waals surface area contributed by atoms with Crippen LogP contribution in [0.1, 0.15) is 38.5 Å². The first-order chi connectivity index (χ1) is 8.61. The van der Waals surface area contributed by atoms with Crippen LogP contribution in [-0.2, 0) is 4.79 Å². The summed E-state index contributed by atoms with van der Waals surface area (Å²) >= 11 is 0. The van der Waals surface area contributed by atoms with E-state index in [9.17, 15) is 4.79 Å². The van der Waals surface area contributed by atoms with Gasteiger partial charge in [0.05, 0.1) is 19.2 Å². The lowest BCUT2D eigenvalue weighted by molar-refractivity contribution is -0.144. The van der Waals surface area contributed by atoms with Gasteiger partial charge in [-0.05, 0) is 56.3 Å². The zero-order valence-corrected chi connectivity index (χ0v) is 10.6. The van der Waals surface area contributed by atoms with Gasteiger partial charge in [-0.15, -0.1) is 0 Å². The first-order valence-corrected chi connectivity index (χ1v) is 6.95. The Balaban J connectivity index is 1.84. The predicted molar refractivity (Wildman–Crippen MR) is 65.7 cm³/mol. The van der Waals surface area contributed by atoms with Crippen molar-refractivity contribution >= 4 is 5.97 Å². The molecule has 4 saturated carbocycles. The van der Waals surface area contributed by atoms with E-state index in [0.29, 0.717) is 0 Å². The summed E-state index contributed by atoms with van der Waals surface area (Å²) in [6.07, 6.45) is 7.38. The molecule has 0 aliphatic heterocycles. The molecule has 4 aliphatic rings. The Labute approximate surface area is 108 Å². The maximum Gasteiger partial charge on any atom is 0.317 e. The van der Waals surface area contributed by atoms with E-state index in [1.165, 1.54) is 19.3 Å². The van der Waals surface area contributed by atoms with E-state index < -0.39 is 5.97 Å². The van der Waals surface area contributed by atoms with Crippen molar-refractivity contribution in [2.24, 2.45) is 17.8 Å². The molecule has 4 rings (SSSR count). The minimum Gasteiger partial charge on any atom is -0.480 e. The van der Waals surface area contributed by atoms with Gasteiger partial charge in [-0.3, -0.25) is 9.69 Å². The molecule has 0 saturated heterocycles. The number of hydrogen-bond acceptors (Lipinski definition) is 3. The number of carboxylic acid groups (broad SMARTS) is 1. The summed E-state index contributed by atoms with van der Waals surface area (Å²) in [6.45, 7) is 0.290. The maximum atomic E-state index is 11.0. The average Bonchev–Trinajstić information content (AvgIpc) is 2.26. The highest BCUT2D eigenvalue weighted by atomic mass is 16.4. The van der Waals surface area contributed by atoms with Gasteiger partial charge in [0.25, 0.3) is 0 Å². The number of hydrogen-bond donors (Lipinski definition) is 1. The van der Waals surface area contributed by atoms with Gasteiger partial charge < -0.3 is 5.11 Å². The fourth-order valence-electron chi connectivity index (χ4n) is 5.09. The normalized spacial score (nSPS) is 41.0. The number of rotatable bonds is 4. The van der Waals surface area contributed by atoms with Crippen molar-refractivity contribution in [3.05, 3.63) is 0 Å². The lowest BCUT2D eigenvalue weighted by Crippen LogP contribution is -2.61. The highest BCUT2D eigenvalue weighted by molar-refractivity contribution is 5.69. The zero-order valence-electron chi connectivity index (χ0n) is 10.6. The summed E-state index contributed by atoms with van der Waals surface area (Å²) in [6, 6.07) is 2.16. The van der Waals surface area contributed by atoms with Crippen molar-refractivity contribution in [1.29, 1.82) is 5.26 Å². The molecule has 0 unspecified atom stereocenters. The summed E-state index contributed by atoms with van der Waals surface area (Å²) in [5, 5.41) is 18.0. The summed E-state index contributed by atoms with van der Waals surface area (Å²) in [5.41, 5.74) is 0.0306. The highest BCUT2D eigenvalue weighted by Crippen LogP contribution is 2.57. The molecule has 4 heteroatoms. The van der Waals surface area contributed by atoms with Gasteiger partial charge in [-0.2, -0.15) is 5.26 Å². The van der Waals surface area contributed by atoms with Crippen molar-refractivity contribution in [3.63, 3.8) is 0 Å². The summed E-state index contributed by atoms with van der Waals surface area (Å²) < 4.78 is 0. The zero-order chi connectivity index (χ0) is 12.8. The maximum absolute atomic E-state index is 11.0. The van der Waals surface area contributed by atoms with Crippen LogP contribution < -0.4 is 0 Å². The number of carboxylic acids is 1. The molecular weight excluding hydrogens is 228 g/mol. The summed E-state index contributed by atoms with van der Waals surface area (Å²) in [5.74, 6) is 1.55. The second kappa shape index (κ2) is 4.24. The van der Waals surface area contributed by atoms with Gasteiger partial charge in [-0.25, -0.2) is 0 Å². The third-order valence-corrected chi connectivity index (χ3v) is 5.26. The van der Waals surface area contributed by atoms with Crippen LogP contribution in [0.3, 0.4) is 0 Å². The third-order valence-electron chi connectivity index (χ3n) is 5.26. The molecule has 0 spiro atoms. The molecule has 4 fully saturated rings. The van der Waals surface area contributed by atoms with E-state index in [4.69, 9.17) is 10.4 Å². The molecule has 0 aromatic rings. The largest absolute Gasteiger partial charge is 0.480 e. The van der Waals surface area contributed by atoms with Crippen LogP contribution >= 0.6 is 0 Å². The Morgan fingerprint density at radius 1 is 1.22 bits per heavy atom. The van der Waals surface area contributed by atoms with Crippen molar-refractivity contribution in [1.82, 2.24) is 4.90 Å². The number of aliphatic carboxylic acids is 1. The molecule has 18 heavy (non-hydrogen) atoms. The molecule has 0 heterocycles. The fraction of sp³-hybridized carbons (Fsp3) is 0.857. The highest BCUT2D eigenvalue weighted by Gasteiger charge is 2.53. The smallest absolute Gasteiger partial charge is 0.317 e. The molecule has 0 aromatic heterocycles. The molecule has 0 radical (unpaired) electrons. The van der Waals surface area contributed by atoms with Crippen LogP contribution in [0.5, 0.6) is 0 Å². The summed E-state index contributed by atoms with van der Waals surface area (Å²) in [4.78, 5) is 13.0. The molecule has 4 nitrogen and oxygen atoms in total. The van der Waals surface area contributed by atoms with Crippen molar-refractivity contribution < 1.29 is 9.90 Å². The van der Waals surface area contributed by atoms with E-state index in [2.05, 4.69) is 6.07 Å². The van der Waals surface area contributed by atoms with Crippen LogP contribution in [-0.4, -0.2) is 34.6 Å². The Kier molecular flexibility index (Phi) is 2.82. The molecule has 1 N–H and O–H groups in total. The monoisotopic (exact) mass is 248 g/mol. The van der Waals surface area contributed by atoms with E-state index in [0.717, 1.165) is 37.0 Å². The number of nitrogens with zero attached hydrogens (tertiary/aromatic N) is 2. The van der Waals surface area contributed by atoms with Crippen molar-refractivity contribution in [3.8, 4) is 6.07 Å². The van der Waals surface area contributed by atoms with Crippen LogP contribution in [0.2, 0.25) is 0 Å². The molecule has 0 amide bonds. The Hall–Kier alpha value is -1.08. The van der Waals surface area contributed by atoms with E-state index in [-0.39, 0.29) is 18.6 Å². The molecule has 0 atom stereocenters. The van der Waals surface area contributed by atoms with Crippen LogP contribution in [0.4, 0.5) is 0 Å². The SMILES string of the molecule is N#CCN(CC(=O)O)C12CC3CC(CC(C3)C1)C2. The average molecular weight is 248 g/mol. The van der Waals surface area contributed by atoms with Crippen LogP contribution in [0.25, 0.3) is 0 Å². The van der Waals surface area contributed by atoms with E-state index in [1.807, 2.05) is 4.90 Å². The topological polar surface area (TPSA) is 64.3 Å². The van der Waals surface area contributed by atoms with Crippen LogP contribution in [0.15, 0.2) is 0 Å². The third kappa shape index (κ3) is 1.91.